The predicted molar refractivity (Wildman–Crippen MR) is 96.0 cm³/mol. The molecule has 2 rings (SSSR count). The second-order valence-electron chi connectivity index (χ2n) is 4.94. The van der Waals surface area contributed by atoms with Crippen molar-refractivity contribution in [3.63, 3.8) is 0 Å². The summed E-state index contributed by atoms with van der Waals surface area (Å²) in [5, 5.41) is 0. The number of methoxy groups -OCH3 is 2. The van der Waals surface area contributed by atoms with E-state index >= 15 is 0 Å². The van der Waals surface area contributed by atoms with Crippen LogP contribution in [0.3, 0.4) is 0 Å². The van der Waals surface area contributed by atoms with E-state index in [1.807, 2.05) is 18.2 Å². The van der Waals surface area contributed by atoms with Gasteiger partial charge in [0.05, 0.1) is 14.2 Å². The highest BCUT2D eigenvalue weighted by molar-refractivity contribution is 14.0. The Morgan fingerprint density at radius 1 is 1.24 bits per heavy atom. The molecule has 1 aromatic rings. The number of guanidine groups is 1. The van der Waals surface area contributed by atoms with Gasteiger partial charge in [0, 0.05) is 43.5 Å². The molecule has 6 nitrogen and oxygen atoms in total. The van der Waals surface area contributed by atoms with Crippen molar-refractivity contribution in [2.75, 3.05) is 38.8 Å². The topological polar surface area (TPSA) is 86.1 Å². The van der Waals surface area contributed by atoms with Gasteiger partial charge in [0.1, 0.15) is 11.5 Å². The fraction of sp³-hybridized carbons (Fsp3) is 0.500. The summed E-state index contributed by atoms with van der Waals surface area (Å²) in [6.45, 7) is 2.61. The normalized spacial score (nSPS) is 17.0. The molecule has 0 saturated carbocycles. The van der Waals surface area contributed by atoms with E-state index in [-0.39, 0.29) is 29.9 Å². The number of ether oxygens (including phenoxy) is 2. The van der Waals surface area contributed by atoms with Crippen molar-refractivity contribution in [1.82, 2.24) is 0 Å². The Morgan fingerprint density at radius 3 is 2.38 bits per heavy atom. The average molecular weight is 406 g/mol. The largest absolute Gasteiger partial charge is 0.497 e. The summed E-state index contributed by atoms with van der Waals surface area (Å²) in [7, 11) is 3.31. The number of nitrogens with two attached hydrogens (primary N) is 2. The Morgan fingerprint density at radius 2 is 1.86 bits per heavy atom. The Balaban J connectivity index is 0.00000220. The van der Waals surface area contributed by atoms with Crippen molar-refractivity contribution in [3.05, 3.63) is 18.2 Å². The molecule has 1 unspecified atom stereocenters. The molecule has 1 aliphatic rings. The monoisotopic (exact) mass is 406 g/mol. The average Bonchev–Trinajstić information content (AvgIpc) is 2.93. The molecule has 1 fully saturated rings. The van der Waals surface area contributed by atoms with Gasteiger partial charge in [0.15, 0.2) is 5.96 Å². The summed E-state index contributed by atoms with van der Waals surface area (Å²) < 4.78 is 10.6. The summed E-state index contributed by atoms with van der Waals surface area (Å²) in [4.78, 5) is 6.40. The number of hydrogen-bond donors (Lipinski definition) is 2. The van der Waals surface area contributed by atoms with E-state index in [0.717, 1.165) is 36.7 Å². The molecule has 1 atom stereocenters. The third kappa shape index (κ3) is 4.83. The Kier molecular flexibility index (Phi) is 6.86. The van der Waals surface area contributed by atoms with Gasteiger partial charge in [-0.2, -0.15) is 0 Å². The third-order valence-corrected chi connectivity index (χ3v) is 3.52. The van der Waals surface area contributed by atoms with E-state index in [4.69, 9.17) is 20.9 Å². The summed E-state index contributed by atoms with van der Waals surface area (Å²) in [6.07, 6.45) is 1.08. The van der Waals surface area contributed by atoms with Crippen LogP contribution in [0.5, 0.6) is 11.5 Å². The molecule has 0 radical (unpaired) electrons. The van der Waals surface area contributed by atoms with Gasteiger partial charge in [-0.25, -0.2) is 0 Å². The zero-order chi connectivity index (χ0) is 14.5. The van der Waals surface area contributed by atoms with E-state index in [9.17, 15) is 0 Å². The first kappa shape index (κ1) is 17.7. The van der Waals surface area contributed by atoms with Crippen molar-refractivity contribution < 1.29 is 9.47 Å². The highest BCUT2D eigenvalue weighted by Crippen LogP contribution is 2.31. The van der Waals surface area contributed by atoms with Gasteiger partial charge in [0.2, 0.25) is 0 Å². The van der Waals surface area contributed by atoms with Gasteiger partial charge < -0.3 is 25.8 Å². The lowest BCUT2D eigenvalue weighted by Gasteiger charge is -2.20. The number of halogens is 1. The van der Waals surface area contributed by atoms with Gasteiger partial charge in [-0.1, -0.05) is 0 Å². The molecule has 1 aliphatic heterocycles. The molecule has 0 amide bonds. The van der Waals surface area contributed by atoms with E-state index in [0.29, 0.717) is 12.5 Å². The number of aliphatic imine (C=N–C) groups is 1. The Labute approximate surface area is 142 Å². The molecule has 0 aromatic heterocycles. The number of rotatable bonds is 5. The molecule has 118 valence electrons. The minimum absolute atomic E-state index is 0. The van der Waals surface area contributed by atoms with E-state index < -0.39 is 0 Å². The number of hydrogen-bond acceptors (Lipinski definition) is 4. The molecule has 0 spiro atoms. The van der Waals surface area contributed by atoms with Crippen LogP contribution in [0.25, 0.3) is 0 Å². The highest BCUT2D eigenvalue weighted by Gasteiger charge is 2.23. The molecular formula is C14H23IN4O2. The SMILES string of the molecule is COc1cc(OC)cc(N2CCC(CN=C(N)N)C2)c1.I. The van der Waals surface area contributed by atoms with Crippen molar-refractivity contribution in [2.45, 2.75) is 6.42 Å². The molecule has 1 saturated heterocycles. The second kappa shape index (κ2) is 8.16. The van der Waals surface area contributed by atoms with E-state index in [1.165, 1.54) is 0 Å². The van der Waals surface area contributed by atoms with Gasteiger partial charge in [-0.3, -0.25) is 4.99 Å². The fourth-order valence-corrected chi connectivity index (χ4v) is 2.43. The maximum atomic E-state index is 5.37. The molecule has 0 bridgehead atoms. The van der Waals surface area contributed by atoms with Crippen LogP contribution in [-0.2, 0) is 0 Å². The van der Waals surface area contributed by atoms with Crippen LogP contribution in [0, 0.1) is 5.92 Å². The minimum atomic E-state index is 0. The highest BCUT2D eigenvalue weighted by atomic mass is 127. The van der Waals surface area contributed by atoms with Crippen LogP contribution in [0.1, 0.15) is 6.42 Å². The molecular weight excluding hydrogens is 383 g/mol. The summed E-state index contributed by atoms with van der Waals surface area (Å²) in [6, 6.07) is 5.91. The van der Waals surface area contributed by atoms with Crippen LogP contribution in [0.15, 0.2) is 23.2 Å². The summed E-state index contributed by atoms with van der Waals surface area (Å²) in [5.74, 6) is 2.24. The van der Waals surface area contributed by atoms with Crippen LogP contribution >= 0.6 is 24.0 Å². The number of anilines is 1. The molecule has 21 heavy (non-hydrogen) atoms. The quantitative estimate of drug-likeness (QED) is 0.439. The minimum Gasteiger partial charge on any atom is -0.497 e. The first-order valence-electron chi connectivity index (χ1n) is 6.65. The number of nitrogens with zero attached hydrogens (tertiary/aromatic N) is 2. The lowest BCUT2D eigenvalue weighted by molar-refractivity contribution is 0.394. The maximum absolute atomic E-state index is 5.37. The first-order chi connectivity index (χ1) is 9.62. The summed E-state index contributed by atoms with van der Waals surface area (Å²) in [5.41, 5.74) is 11.9. The van der Waals surface area contributed by atoms with Crippen molar-refractivity contribution in [2.24, 2.45) is 22.4 Å². The lowest BCUT2D eigenvalue weighted by atomic mass is 10.1. The van der Waals surface area contributed by atoms with Crippen molar-refractivity contribution in [3.8, 4) is 11.5 Å². The lowest BCUT2D eigenvalue weighted by Crippen LogP contribution is -2.25. The van der Waals surface area contributed by atoms with Crippen LogP contribution in [-0.4, -0.2) is 39.8 Å². The van der Waals surface area contributed by atoms with E-state index in [1.54, 1.807) is 14.2 Å². The van der Waals surface area contributed by atoms with Gasteiger partial charge in [-0.15, -0.1) is 24.0 Å². The van der Waals surface area contributed by atoms with Gasteiger partial charge in [-0.05, 0) is 12.3 Å². The fourth-order valence-electron chi connectivity index (χ4n) is 2.43. The molecule has 0 aliphatic carbocycles. The third-order valence-electron chi connectivity index (χ3n) is 3.52. The zero-order valence-electron chi connectivity index (χ0n) is 12.4. The van der Waals surface area contributed by atoms with Crippen LogP contribution in [0.4, 0.5) is 5.69 Å². The van der Waals surface area contributed by atoms with Crippen LogP contribution < -0.4 is 25.8 Å². The Hall–Kier alpha value is -1.38. The Bertz CT molecular complexity index is 470. The van der Waals surface area contributed by atoms with Crippen molar-refractivity contribution in [1.29, 1.82) is 0 Å². The zero-order valence-corrected chi connectivity index (χ0v) is 14.7. The summed E-state index contributed by atoms with van der Waals surface area (Å²) >= 11 is 0. The van der Waals surface area contributed by atoms with Crippen molar-refractivity contribution >= 4 is 35.6 Å². The standard InChI is InChI=1S/C14H22N4O2.HI/c1-19-12-5-11(6-13(7-12)20-2)18-4-3-10(9-18)8-17-14(15)16;/h5-7,10H,3-4,8-9H2,1-2H3,(H4,15,16,17);1H. The van der Waals surface area contributed by atoms with Gasteiger partial charge in [0.25, 0.3) is 0 Å². The van der Waals surface area contributed by atoms with Gasteiger partial charge >= 0.3 is 0 Å². The molecule has 1 heterocycles. The molecule has 7 heteroatoms. The smallest absolute Gasteiger partial charge is 0.185 e. The van der Waals surface area contributed by atoms with Crippen LogP contribution in [0.2, 0.25) is 0 Å². The molecule has 4 N–H and O–H groups in total. The first-order valence-corrected chi connectivity index (χ1v) is 6.65. The van der Waals surface area contributed by atoms with E-state index in [2.05, 4.69) is 9.89 Å². The second-order valence-corrected chi connectivity index (χ2v) is 4.94. The molecule has 1 aromatic carbocycles. The predicted octanol–water partition coefficient (Wildman–Crippen LogP) is 1.42. The number of benzene rings is 1. The maximum Gasteiger partial charge on any atom is 0.185 e.